The molecule has 2 aromatic carbocycles. The molecule has 0 spiro atoms. The zero-order chi connectivity index (χ0) is 19.8. The molecule has 8 nitrogen and oxygen atoms in total. The summed E-state index contributed by atoms with van der Waals surface area (Å²) in [7, 11) is 0. The van der Waals surface area contributed by atoms with Crippen LogP contribution in [0.3, 0.4) is 0 Å². The zero-order valence-electron chi connectivity index (χ0n) is 15.1. The molecule has 144 valence electrons. The van der Waals surface area contributed by atoms with E-state index >= 15 is 0 Å². The van der Waals surface area contributed by atoms with E-state index in [1.54, 1.807) is 5.01 Å². The quantitative estimate of drug-likeness (QED) is 0.568. The molecular formula is C19H19ClN6O2. The van der Waals surface area contributed by atoms with Crippen LogP contribution in [0.2, 0.25) is 5.02 Å². The van der Waals surface area contributed by atoms with Crippen molar-refractivity contribution in [1.29, 1.82) is 0 Å². The fourth-order valence-electron chi connectivity index (χ4n) is 3.38. The van der Waals surface area contributed by atoms with E-state index < -0.39 is 5.76 Å². The third-order valence-corrected chi connectivity index (χ3v) is 4.87. The Morgan fingerprint density at radius 2 is 1.96 bits per heavy atom. The van der Waals surface area contributed by atoms with Crippen molar-refractivity contribution in [3.05, 3.63) is 69.3 Å². The van der Waals surface area contributed by atoms with Crippen LogP contribution in [0.5, 0.6) is 0 Å². The van der Waals surface area contributed by atoms with E-state index in [1.807, 2.05) is 49.4 Å². The number of aromatic amines is 1. The molecule has 0 fully saturated rings. The van der Waals surface area contributed by atoms with Gasteiger partial charge in [-0.3, -0.25) is 9.51 Å². The van der Waals surface area contributed by atoms with Crippen LogP contribution < -0.4 is 22.2 Å². The van der Waals surface area contributed by atoms with Gasteiger partial charge in [-0.05, 0) is 43.3 Å². The van der Waals surface area contributed by atoms with E-state index in [0.717, 1.165) is 22.6 Å². The predicted octanol–water partition coefficient (Wildman–Crippen LogP) is 2.66. The van der Waals surface area contributed by atoms with E-state index in [4.69, 9.17) is 23.2 Å². The van der Waals surface area contributed by atoms with Gasteiger partial charge in [-0.15, -0.1) is 0 Å². The first-order valence-electron chi connectivity index (χ1n) is 8.66. The Labute approximate surface area is 165 Å². The summed E-state index contributed by atoms with van der Waals surface area (Å²) >= 11 is 6.06. The van der Waals surface area contributed by atoms with Crippen LogP contribution in [-0.2, 0) is 0 Å². The molecule has 0 amide bonds. The second kappa shape index (κ2) is 7.06. The van der Waals surface area contributed by atoms with Gasteiger partial charge in [-0.1, -0.05) is 22.8 Å². The maximum atomic E-state index is 11.4. The van der Waals surface area contributed by atoms with Gasteiger partial charge in [-0.25, -0.2) is 10.6 Å². The average molecular weight is 399 g/mol. The Kier molecular flexibility index (Phi) is 4.58. The second-order valence-electron chi connectivity index (χ2n) is 6.53. The van der Waals surface area contributed by atoms with Crippen LogP contribution in [0.4, 0.5) is 11.4 Å². The van der Waals surface area contributed by atoms with Crippen molar-refractivity contribution in [3.8, 4) is 11.4 Å². The van der Waals surface area contributed by atoms with Crippen LogP contribution in [0.15, 0.2) is 57.5 Å². The highest BCUT2D eigenvalue weighted by Gasteiger charge is 2.25. The van der Waals surface area contributed by atoms with Crippen molar-refractivity contribution >= 4 is 28.7 Å². The van der Waals surface area contributed by atoms with Gasteiger partial charge < -0.3 is 15.6 Å². The normalized spacial score (nSPS) is 16.0. The number of nitrogens with zero attached hydrogens (tertiary/aromatic N) is 3. The zero-order valence-corrected chi connectivity index (χ0v) is 15.9. The molecule has 28 heavy (non-hydrogen) atoms. The molecule has 0 saturated heterocycles. The molecule has 0 saturated carbocycles. The van der Waals surface area contributed by atoms with E-state index in [-0.39, 0.29) is 0 Å². The molecule has 0 aliphatic carbocycles. The molecule has 0 unspecified atom stereocenters. The highest BCUT2D eigenvalue weighted by molar-refractivity contribution is 6.30. The van der Waals surface area contributed by atoms with E-state index in [2.05, 4.69) is 19.6 Å². The minimum absolute atomic E-state index is 0.354. The summed E-state index contributed by atoms with van der Waals surface area (Å²) in [6, 6.07) is 13.3. The monoisotopic (exact) mass is 398 g/mol. The Bertz CT molecular complexity index is 1100. The lowest BCUT2D eigenvalue weighted by Gasteiger charge is -2.25. The van der Waals surface area contributed by atoms with E-state index in [0.29, 0.717) is 35.2 Å². The van der Waals surface area contributed by atoms with Crippen molar-refractivity contribution in [2.24, 2.45) is 11.6 Å². The second-order valence-corrected chi connectivity index (χ2v) is 6.97. The van der Waals surface area contributed by atoms with Crippen molar-refractivity contribution in [3.63, 3.8) is 0 Å². The number of allylic oxidation sites excluding steroid dienone is 1. The molecule has 2 heterocycles. The summed E-state index contributed by atoms with van der Waals surface area (Å²) in [6.45, 7) is 3.01. The lowest BCUT2D eigenvalue weighted by atomic mass is 10.0. The molecule has 0 atom stereocenters. The highest BCUT2D eigenvalue weighted by Crippen LogP contribution is 2.38. The van der Waals surface area contributed by atoms with Crippen LogP contribution in [-0.4, -0.2) is 28.2 Å². The smallest absolute Gasteiger partial charge is 0.401 e. The first kappa shape index (κ1) is 18.1. The van der Waals surface area contributed by atoms with Gasteiger partial charge in [-0.2, -0.15) is 0 Å². The molecule has 3 aromatic rings. The predicted molar refractivity (Wildman–Crippen MR) is 109 cm³/mol. The van der Waals surface area contributed by atoms with Gasteiger partial charge in [0.05, 0.1) is 17.9 Å². The standard InChI is InChI=1S/C19H19ClN6O2/c1-11(21)17-15-7-2-12(18-23-19(27)28-24-18)10-16(15)25(8-9-26(17)22)14-5-3-13(20)4-6-14/h2-7,10H,8-9,21-22H2,1H3,(H,23,24,27)/b17-11-. The Morgan fingerprint density at radius 3 is 2.61 bits per heavy atom. The number of hydrogen-bond donors (Lipinski definition) is 3. The number of fused-ring (bicyclic) bond motifs is 1. The molecule has 1 aromatic heterocycles. The Balaban J connectivity index is 1.93. The van der Waals surface area contributed by atoms with Crippen LogP contribution in [0.1, 0.15) is 12.5 Å². The summed E-state index contributed by atoms with van der Waals surface area (Å²) in [6.07, 6.45) is 0. The maximum Gasteiger partial charge on any atom is 0.439 e. The van der Waals surface area contributed by atoms with E-state index in [1.165, 1.54) is 0 Å². The largest absolute Gasteiger partial charge is 0.439 e. The molecule has 0 radical (unpaired) electrons. The molecule has 1 aliphatic rings. The lowest BCUT2D eigenvalue weighted by Crippen LogP contribution is -2.34. The van der Waals surface area contributed by atoms with Crippen molar-refractivity contribution in [2.75, 3.05) is 18.0 Å². The van der Waals surface area contributed by atoms with E-state index in [9.17, 15) is 4.79 Å². The summed E-state index contributed by atoms with van der Waals surface area (Å²) in [5.41, 5.74) is 11.0. The van der Waals surface area contributed by atoms with Crippen LogP contribution in [0.25, 0.3) is 17.1 Å². The fourth-order valence-corrected chi connectivity index (χ4v) is 3.51. The Hall–Kier alpha value is -3.23. The topological polar surface area (TPSA) is 117 Å². The van der Waals surface area contributed by atoms with Gasteiger partial charge in [0.2, 0.25) is 0 Å². The average Bonchev–Trinajstić information content (AvgIpc) is 3.04. The summed E-state index contributed by atoms with van der Waals surface area (Å²) in [4.78, 5) is 16.1. The molecular weight excluding hydrogens is 380 g/mol. The Morgan fingerprint density at radius 1 is 1.21 bits per heavy atom. The molecule has 9 heteroatoms. The van der Waals surface area contributed by atoms with Crippen molar-refractivity contribution < 1.29 is 4.52 Å². The van der Waals surface area contributed by atoms with Gasteiger partial charge >= 0.3 is 5.76 Å². The SMILES string of the molecule is C/C(N)=C1\c2ccc(-c3noc(=O)[nH]3)cc2N(c2ccc(Cl)cc2)CCN1N. The van der Waals surface area contributed by atoms with Gasteiger partial charge in [0, 0.05) is 34.1 Å². The van der Waals surface area contributed by atoms with Crippen molar-refractivity contribution in [1.82, 2.24) is 15.1 Å². The first-order valence-corrected chi connectivity index (χ1v) is 9.04. The molecule has 0 bridgehead atoms. The number of hydrazine groups is 1. The van der Waals surface area contributed by atoms with Gasteiger partial charge in [0.15, 0.2) is 5.82 Å². The highest BCUT2D eigenvalue weighted by atomic mass is 35.5. The fraction of sp³-hybridized carbons (Fsp3) is 0.158. The number of H-pyrrole nitrogens is 1. The number of halogens is 1. The van der Waals surface area contributed by atoms with Crippen LogP contribution in [0, 0.1) is 0 Å². The van der Waals surface area contributed by atoms with Gasteiger partial charge in [0.25, 0.3) is 0 Å². The summed E-state index contributed by atoms with van der Waals surface area (Å²) < 4.78 is 4.64. The number of nitrogens with one attached hydrogen (secondary N) is 1. The van der Waals surface area contributed by atoms with Gasteiger partial charge in [0.1, 0.15) is 0 Å². The minimum atomic E-state index is -0.606. The number of hydrogen-bond acceptors (Lipinski definition) is 7. The minimum Gasteiger partial charge on any atom is -0.401 e. The summed E-state index contributed by atoms with van der Waals surface area (Å²) in [5, 5.41) is 6.10. The number of anilines is 2. The number of rotatable bonds is 2. The summed E-state index contributed by atoms with van der Waals surface area (Å²) in [5.74, 6) is 6.03. The molecule has 4 rings (SSSR count). The number of aromatic nitrogens is 2. The molecule has 1 aliphatic heterocycles. The third-order valence-electron chi connectivity index (χ3n) is 4.62. The maximum absolute atomic E-state index is 11.4. The van der Waals surface area contributed by atoms with Crippen LogP contribution >= 0.6 is 11.6 Å². The third kappa shape index (κ3) is 3.23. The van der Waals surface area contributed by atoms with Crippen molar-refractivity contribution in [2.45, 2.75) is 6.92 Å². The number of benzene rings is 2. The first-order chi connectivity index (χ1) is 13.4. The lowest BCUT2D eigenvalue weighted by molar-refractivity contribution is 0.388. The number of nitrogens with two attached hydrogens (primary N) is 2. The molecule has 5 N–H and O–H groups in total.